The molecule has 2 aliphatic heterocycles. The molecule has 0 spiro atoms. The molecule has 0 aromatic heterocycles. The van der Waals surface area contributed by atoms with Gasteiger partial charge in [-0.1, -0.05) is 6.58 Å². The van der Waals surface area contributed by atoms with Gasteiger partial charge in [-0.15, -0.1) is 0 Å². The lowest BCUT2D eigenvalue weighted by molar-refractivity contribution is 0.0713. The summed E-state index contributed by atoms with van der Waals surface area (Å²) in [7, 11) is 0. The second kappa shape index (κ2) is 3.07. The maximum absolute atomic E-state index is 11.6. The van der Waals surface area contributed by atoms with Crippen LogP contribution in [-0.2, 0) is 9.47 Å². The number of allylic oxidation sites excluding steroid dienone is 1. The van der Waals surface area contributed by atoms with E-state index in [0.29, 0.717) is 33.8 Å². The molecule has 1 aromatic carbocycles. The molecule has 0 saturated heterocycles. The third-order valence-electron chi connectivity index (χ3n) is 2.84. The highest BCUT2D eigenvalue weighted by Gasteiger charge is 2.33. The minimum absolute atomic E-state index is 0.308. The Bertz CT molecular complexity index is 623. The van der Waals surface area contributed by atoms with Crippen molar-refractivity contribution in [2.75, 3.05) is 0 Å². The van der Waals surface area contributed by atoms with Crippen molar-refractivity contribution in [1.82, 2.24) is 0 Å². The number of fused-ring (bicyclic) bond motifs is 2. The first-order chi connectivity index (χ1) is 8.11. The van der Waals surface area contributed by atoms with Crippen molar-refractivity contribution in [1.29, 1.82) is 0 Å². The summed E-state index contributed by atoms with van der Waals surface area (Å²) in [5.41, 5.74) is 2.05. The third kappa shape index (κ3) is 1.18. The molecule has 0 saturated carbocycles. The van der Waals surface area contributed by atoms with Crippen LogP contribution in [-0.4, -0.2) is 11.9 Å². The lowest BCUT2D eigenvalue weighted by atomic mass is 9.99. The predicted octanol–water partition coefficient (Wildman–Crippen LogP) is 2.36. The van der Waals surface area contributed by atoms with Gasteiger partial charge in [-0.2, -0.15) is 0 Å². The summed E-state index contributed by atoms with van der Waals surface area (Å²) >= 11 is 0. The molecule has 17 heavy (non-hydrogen) atoms. The summed E-state index contributed by atoms with van der Waals surface area (Å²) in [6.45, 7) is 5.43. The summed E-state index contributed by atoms with van der Waals surface area (Å²) in [6.07, 6.45) is 1.70. The van der Waals surface area contributed by atoms with Crippen molar-refractivity contribution in [3.8, 4) is 0 Å². The Kier molecular flexibility index (Phi) is 1.78. The molecule has 0 aliphatic carbocycles. The van der Waals surface area contributed by atoms with E-state index >= 15 is 0 Å². The van der Waals surface area contributed by atoms with Crippen LogP contribution in [0.25, 0.3) is 11.5 Å². The van der Waals surface area contributed by atoms with Gasteiger partial charge in [-0.25, -0.2) is 9.59 Å². The Morgan fingerprint density at radius 1 is 1.00 bits per heavy atom. The Morgan fingerprint density at radius 3 is 2.29 bits per heavy atom. The number of carbonyl (C=O) groups is 2. The minimum Gasteiger partial charge on any atom is -0.423 e. The number of hydrogen-bond donors (Lipinski definition) is 0. The maximum atomic E-state index is 11.6. The second-order valence-corrected chi connectivity index (χ2v) is 3.80. The van der Waals surface area contributed by atoms with E-state index < -0.39 is 11.9 Å². The van der Waals surface area contributed by atoms with Gasteiger partial charge in [0.05, 0.1) is 11.1 Å². The van der Waals surface area contributed by atoms with Gasteiger partial charge >= 0.3 is 11.9 Å². The van der Waals surface area contributed by atoms with Crippen molar-refractivity contribution in [2.45, 2.75) is 6.92 Å². The SMILES string of the molecule is C=C1OC(=O)c2cc3c(cc21)/C(=C\C)OC3=O. The van der Waals surface area contributed by atoms with Crippen molar-refractivity contribution in [2.24, 2.45) is 0 Å². The zero-order chi connectivity index (χ0) is 12.2. The Morgan fingerprint density at radius 2 is 1.59 bits per heavy atom. The molecule has 0 radical (unpaired) electrons. The monoisotopic (exact) mass is 228 g/mol. The van der Waals surface area contributed by atoms with Crippen LogP contribution >= 0.6 is 0 Å². The minimum atomic E-state index is -0.477. The fraction of sp³-hybridized carbons (Fsp3) is 0.0769. The van der Waals surface area contributed by atoms with Crippen LogP contribution < -0.4 is 0 Å². The van der Waals surface area contributed by atoms with Crippen LogP contribution in [0.2, 0.25) is 0 Å². The van der Waals surface area contributed by atoms with Crippen LogP contribution in [0.15, 0.2) is 24.8 Å². The highest BCUT2D eigenvalue weighted by atomic mass is 16.5. The van der Waals surface area contributed by atoms with Gasteiger partial charge in [0.25, 0.3) is 0 Å². The number of ether oxygens (including phenoxy) is 2. The number of cyclic esters (lactones) is 2. The summed E-state index contributed by atoms with van der Waals surface area (Å²) in [5.74, 6) is -0.113. The zero-order valence-corrected chi connectivity index (χ0v) is 9.07. The van der Waals surface area contributed by atoms with Gasteiger partial charge in [-0.05, 0) is 25.1 Å². The Hall–Kier alpha value is -2.36. The molecule has 84 valence electrons. The van der Waals surface area contributed by atoms with Crippen LogP contribution in [0.1, 0.15) is 38.8 Å². The maximum Gasteiger partial charge on any atom is 0.344 e. The highest BCUT2D eigenvalue weighted by Crippen LogP contribution is 2.37. The van der Waals surface area contributed by atoms with E-state index in [1.54, 1.807) is 19.1 Å². The average Bonchev–Trinajstić information content (AvgIpc) is 2.77. The number of carbonyl (C=O) groups excluding carboxylic acids is 2. The van der Waals surface area contributed by atoms with Gasteiger partial charge in [0, 0.05) is 11.1 Å². The van der Waals surface area contributed by atoms with Crippen LogP contribution in [0.4, 0.5) is 0 Å². The summed E-state index contributed by atoms with van der Waals surface area (Å²) in [4.78, 5) is 23.1. The van der Waals surface area contributed by atoms with E-state index in [1.165, 1.54) is 6.07 Å². The van der Waals surface area contributed by atoms with Crippen LogP contribution in [0, 0.1) is 0 Å². The van der Waals surface area contributed by atoms with E-state index in [2.05, 4.69) is 6.58 Å². The first-order valence-electron chi connectivity index (χ1n) is 5.10. The lowest BCUT2D eigenvalue weighted by Crippen LogP contribution is -1.98. The molecular formula is C13H8O4. The fourth-order valence-electron chi connectivity index (χ4n) is 2.02. The van der Waals surface area contributed by atoms with Crippen LogP contribution in [0.3, 0.4) is 0 Å². The molecule has 1 aromatic rings. The summed E-state index contributed by atoms with van der Waals surface area (Å²) < 4.78 is 9.98. The molecule has 3 rings (SSSR count). The number of hydrogen-bond acceptors (Lipinski definition) is 4. The molecule has 0 fully saturated rings. The summed E-state index contributed by atoms with van der Waals surface area (Å²) in [5, 5.41) is 0. The molecule has 0 bridgehead atoms. The molecule has 2 heterocycles. The van der Waals surface area contributed by atoms with Crippen LogP contribution in [0.5, 0.6) is 0 Å². The van der Waals surface area contributed by atoms with Crippen molar-refractivity contribution < 1.29 is 19.1 Å². The molecule has 0 N–H and O–H groups in total. The van der Waals surface area contributed by atoms with Gasteiger partial charge in [0.1, 0.15) is 11.5 Å². The zero-order valence-electron chi connectivity index (χ0n) is 9.07. The van der Waals surface area contributed by atoms with Gasteiger partial charge in [-0.3, -0.25) is 0 Å². The van der Waals surface area contributed by atoms with Crippen molar-refractivity contribution in [3.05, 3.63) is 47.0 Å². The molecular weight excluding hydrogens is 220 g/mol. The van der Waals surface area contributed by atoms with Gasteiger partial charge in [0.2, 0.25) is 0 Å². The molecule has 0 unspecified atom stereocenters. The van der Waals surface area contributed by atoms with E-state index in [1.807, 2.05) is 0 Å². The molecule has 4 nitrogen and oxygen atoms in total. The van der Waals surface area contributed by atoms with Crippen molar-refractivity contribution in [3.63, 3.8) is 0 Å². The molecule has 2 aliphatic rings. The Labute approximate surface area is 97.1 Å². The van der Waals surface area contributed by atoms with Gasteiger partial charge < -0.3 is 9.47 Å². The molecule has 4 heteroatoms. The quantitative estimate of drug-likeness (QED) is 0.639. The van der Waals surface area contributed by atoms with E-state index in [9.17, 15) is 9.59 Å². The highest BCUT2D eigenvalue weighted by molar-refractivity contribution is 6.09. The van der Waals surface area contributed by atoms with Crippen molar-refractivity contribution >= 4 is 23.5 Å². The molecule has 0 amide bonds. The predicted molar refractivity (Wildman–Crippen MR) is 60.0 cm³/mol. The number of rotatable bonds is 0. The average molecular weight is 228 g/mol. The first-order valence-corrected chi connectivity index (χ1v) is 5.10. The normalized spacial score (nSPS) is 19.1. The first kappa shape index (κ1) is 9.84. The third-order valence-corrected chi connectivity index (χ3v) is 2.84. The summed E-state index contributed by atoms with van der Waals surface area (Å²) in [6, 6.07) is 3.21. The Balaban J connectivity index is 2.31. The standard InChI is InChI=1S/C13H8O4/c1-3-11-8-4-7-6(2)16-12(14)9(7)5-10(8)13(15)17-11/h3-5H,2H2,1H3/b11-3+. The topological polar surface area (TPSA) is 52.6 Å². The number of esters is 2. The number of benzene rings is 1. The van der Waals surface area contributed by atoms with E-state index in [-0.39, 0.29) is 0 Å². The fourth-order valence-corrected chi connectivity index (χ4v) is 2.02. The van der Waals surface area contributed by atoms with E-state index in [4.69, 9.17) is 9.47 Å². The smallest absolute Gasteiger partial charge is 0.344 e. The van der Waals surface area contributed by atoms with E-state index in [0.717, 1.165) is 0 Å². The largest absolute Gasteiger partial charge is 0.423 e. The molecule has 0 atom stereocenters. The van der Waals surface area contributed by atoms with Gasteiger partial charge in [0.15, 0.2) is 0 Å². The lowest BCUT2D eigenvalue weighted by Gasteiger charge is -1.99. The second-order valence-electron chi connectivity index (χ2n) is 3.80.